The average Bonchev–Trinajstić information content (AvgIpc) is 3.34. The quantitative estimate of drug-likeness (QED) is 0.790. The van der Waals surface area contributed by atoms with Crippen molar-refractivity contribution in [3.05, 3.63) is 41.7 Å². The Morgan fingerprint density at radius 1 is 1.27 bits per heavy atom. The molecule has 0 aromatic carbocycles. The number of nitrogens with zero attached hydrogens (tertiary/aromatic N) is 3. The molecule has 0 radical (unpaired) electrons. The first-order chi connectivity index (χ1) is 12.7. The second kappa shape index (κ2) is 7.55. The van der Waals surface area contributed by atoms with Gasteiger partial charge >= 0.3 is 0 Å². The van der Waals surface area contributed by atoms with E-state index in [1.807, 2.05) is 26.2 Å². The Kier molecular flexibility index (Phi) is 5.16. The average molecular weight is 359 g/mol. The molecule has 26 heavy (non-hydrogen) atoms. The Morgan fingerprint density at radius 2 is 2.12 bits per heavy atom. The number of piperidine rings is 1. The lowest BCUT2D eigenvalue weighted by Crippen LogP contribution is -2.44. The van der Waals surface area contributed by atoms with Gasteiger partial charge in [-0.25, -0.2) is 0 Å². The SMILES string of the molecule is COC[C@@H]1CN(Cc2ccco2)CC12CCN(Cc1cc(C)on1)CC2. The zero-order chi connectivity index (χ0) is 18.0. The molecule has 2 aromatic rings. The van der Waals surface area contributed by atoms with Gasteiger partial charge in [0, 0.05) is 38.7 Å². The van der Waals surface area contributed by atoms with Crippen LogP contribution < -0.4 is 0 Å². The molecule has 1 atom stereocenters. The minimum atomic E-state index is 0.360. The van der Waals surface area contributed by atoms with Gasteiger partial charge in [-0.3, -0.25) is 9.80 Å². The zero-order valence-corrected chi connectivity index (χ0v) is 15.8. The van der Waals surface area contributed by atoms with E-state index in [1.54, 1.807) is 6.26 Å². The second-order valence-electron chi connectivity index (χ2n) is 7.97. The van der Waals surface area contributed by atoms with Crippen LogP contribution in [0.15, 0.2) is 33.4 Å². The summed E-state index contributed by atoms with van der Waals surface area (Å²) in [5.41, 5.74) is 1.40. The number of methoxy groups -OCH3 is 1. The van der Waals surface area contributed by atoms with Crippen LogP contribution in [0.2, 0.25) is 0 Å². The third-order valence-electron chi connectivity index (χ3n) is 6.12. The van der Waals surface area contributed by atoms with Gasteiger partial charge in [-0.05, 0) is 50.4 Å². The number of aromatic nitrogens is 1. The van der Waals surface area contributed by atoms with Gasteiger partial charge in [0.2, 0.25) is 0 Å². The summed E-state index contributed by atoms with van der Waals surface area (Å²) < 4.78 is 16.3. The van der Waals surface area contributed by atoms with Crippen LogP contribution in [0.3, 0.4) is 0 Å². The standard InChI is InChI=1S/C20H29N3O3/c1-16-10-18(21-26-16)12-22-7-5-20(6-8-22)15-23(11-17(20)14-24-2)13-19-4-3-9-25-19/h3-4,9-10,17H,5-8,11-15H2,1-2H3/t17-/m0/s1. The third kappa shape index (κ3) is 3.72. The summed E-state index contributed by atoms with van der Waals surface area (Å²) in [5, 5.41) is 4.14. The van der Waals surface area contributed by atoms with Crippen molar-refractivity contribution in [2.24, 2.45) is 11.3 Å². The summed E-state index contributed by atoms with van der Waals surface area (Å²) in [6, 6.07) is 6.08. The first-order valence-electron chi connectivity index (χ1n) is 9.55. The van der Waals surface area contributed by atoms with Gasteiger partial charge in [0.05, 0.1) is 25.1 Å². The molecule has 6 heteroatoms. The van der Waals surface area contributed by atoms with Crippen molar-refractivity contribution in [3.63, 3.8) is 0 Å². The van der Waals surface area contributed by atoms with Crippen LogP contribution in [-0.4, -0.2) is 54.9 Å². The monoisotopic (exact) mass is 359 g/mol. The van der Waals surface area contributed by atoms with E-state index in [1.165, 1.54) is 12.8 Å². The summed E-state index contributed by atoms with van der Waals surface area (Å²) in [4.78, 5) is 5.04. The van der Waals surface area contributed by atoms with Gasteiger partial charge in [0.25, 0.3) is 0 Å². The lowest BCUT2D eigenvalue weighted by Gasteiger charge is -2.42. The van der Waals surface area contributed by atoms with E-state index in [4.69, 9.17) is 13.7 Å². The molecule has 6 nitrogen and oxygen atoms in total. The molecular formula is C20H29N3O3. The van der Waals surface area contributed by atoms with Crippen LogP contribution in [0.1, 0.15) is 30.1 Å². The number of ether oxygens (including phenoxy) is 1. The fourth-order valence-corrected chi connectivity index (χ4v) is 4.76. The molecule has 1 spiro atoms. The molecular weight excluding hydrogens is 330 g/mol. The number of rotatable bonds is 6. The van der Waals surface area contributed by atoms with Gasteiger partial charge in [-0.2, -0.15) is 0 Å². The van der Waals surface area contributed by atoms with E-state index >= 15 is 0 Å². The maximum Gasteiger partial charge on any atom is 0.133 e. The van der Waals surface area contributed by atoms with Crippen molar-refractivity contribution in [2.75, 3.05) is 39.9 Å². The van der Waals surface area contributed by atoms with Gasteiger partial charge in [-0.15, -0.1) is 0 Å². The molecule has 2 aromatic heterocycles. The molecule has 0 amide bonds. The summed E-state index contributed by atoms with van der Waals surface area (Å²) in [7, 11) is 1.82. The van der Waals surface area contributed by atoms with E-state index in [-0.39, 0.29) is 0 Å². The van der Waals surface area contributed by atoms with E-state index in [2.05, 4.69) is 21.0 Å². The van der Waals surface area contributed by atoms with Crippen molar-refractivity contribution in [2.45, 2.75) is 32.9 Å². The minimum Gasteiger partial charge on any atom is -0.468 e. The minimum absolute atomic E-state index is 0.360. The molecule has 2 aliphatic heterocycles. The van der Waals surface area contributed by atoms with Crippen molar-refractivity contribution >= 4 is 0 Å². The lowest BCUT2D eigenvalue weighted by atomic mass is 9.71. The van der Waals surface area contributed by atoms with Crippen LogP contribution in [0.4, 0.5) is 0 Å². The summed E-state index contributed by atoms with van der Waals surface area (Å²) in [6.45, 7) is 9.03. The predicted molar refractivity (Wildman–Crippen MR) is 97.5 cm³/mol. The molecule has 2 fully saturated rings. The molecule has 0 bridgehead atoms. The Labute approximate surface area is 155 Å². The predicted octanol–water partition coefficient (Wildman–Crippen LogP) is 2.94. The Bertz CT molecular complexity index is 689. The van der Waals surface area contributed by atoms with Crippen LogP contribution in [0, 0.1) is 18.3 Å². The third-order valence-corrected chi connectivity index (χ3v) is 6.12. The Morgan fingerprint density at radius 3 is 2.77 bits per heavy atom. The largest absolute Gasteiger partial charge is 0.468 e. The van der Waals surface area contributed by atoms with Crippen molar-refractivity contribution < 1.29 is 13.7 Å². The van der Waals surface area contributed by atoms with Crippen LogP contribution in [-0.2, 0) is 17.8 Å². The number of likely N-dealkylation sites (tertiary alicyclic amines) is 2. The van der Waals surface area contributed by atoms with Crippen molar-refractivity contribution in [3.8, 4) is 0 Å². The fraction of sp³-hybridized carbons (Fsp3) is 0.650. The summed E-state index contributed by atoms with van der Waals surface area (Å²) in [6.07, 6.45) is 4.19. The smallest absolute Gasteiger partial charge is 0.133 e. The molecule has 4 rings (SSSR count). The number of hydrogen-bond donors (Lipinski definition) is 0. The van der Waals surface area contributed by atoms with Crippen LogP contribution in [0.5, 0.6) is 0 Å². The van der Waals surface area contributed by atoms with E-state index < -0.39 is 0 Å². The van der Waals surface area contributed by atoms with Gasteiger partial charge in [0.15, 0.2) is 0 Å². The first kappa shape index (κ1) is 17.8. The van der Waals surface area contributed by atoms with Gasteiger partial charge in [-0.1, -0.05) is 5.16 Å². The molecule has 4 heterocycles. The van der Waals surface area contributed by atoms with Crippen molar-refractivity contribution in [1.82, 2.24) is 15.0 Å². The van der Waals surface area contributed by atoms with E-state index in [0.717, 1.165) is 63.1 Å². The molecule has 142 valence electrons. The maximum atomic E-state index is 5.58. The first-order valence-corrected chi connectivity index (χ1v) is 9.55. The molecule has 2 aliphatic rings. The molecule has 0 N–H and O–H groups in total. The fourth-order valence-electron chi connectivity index (χ4n) is 4.76. The Hall–Kier alpha value is -1.63. The van der Waals surface area contributed by atoms with Gasteiger partial charge < -0.3 is 13.7 Å². The van der Waals surface area contributed by atoms with E-state index in [9.17, 15) is 0 Å². The van der Waals surface area contributed by atoms with Crippen molar-refractivity contribution in [1.29, 1.82) is 0 Å². The number of hydrogen-bond acceptors (Lipinski definition) is 6. The molecule has 0 saturated carbocycles. The highest BCUT2D eigenvalue weighted by molar-refractivity contribution is 5.06. The molecule has 0 aliphatic carbocycles. The molecule has 2 saturated heterocycles. The highest BCUT2D eigenvalue weighted by atomic mass is 16.5. The van der Waals surface area contributed by atoms with E-state index in [0.29, 0.717) is 11.3 Å². The Balaban J connectivity index is 1.38. The number of aryl methyl sites for hydroxylation is 1. The van der Waals surface area contributed by atoms with Crippen LogP contribution >= 0.6 is 0 Å². The second-order valence-corrected chi connectivity index (χ2v) is 7.97. The van der Waals surface area contributed by atoms with Crippen LogP contribution in [0.25, 0.3) is 0 Å². The summed E-state index contributed by atoms with van der Waals surface area (Å²) in [5.74, 6) is 2.54. The van der Waals surface area contributed by atoms with Gasteiger partial charge in [0.1, 0.15) is 11.5 Å². The normalized spacial score (nSPS) is 23.8. The maximum absolute atomic E-state index is 5.58. The molecule has 0 unspecified atom stereocenters. The summed E-state index contributed by atoms with van der Waals surface area (Å²) >= 11 is 0. The topological polar surface area (TPSA) is 54.9 Å². The lowest BCUT2D eigenvalue weighted by molar-refractivity contribution is 0.0343. The zero-order valence-electron chi connectivity index (χ0n) is 15.8. The highest BCUT2D eigenvalue weighted by Crippen LogP contribution is 2.45. The number of furan rings is 1. The highest BCUT2D eigenvalue weighted by Gasteiger charge is 2.47.